The van der Waals surface area contributed by atoms with Gasteiger partial charge in [0.05, 0.1) is 17.8 Å². The molecule has 0 unspecified atom stereocenters. The fourth-order valence-corrected chi connectivity index (χ4v) is 2.71. The molecule has 0 radical (unpaired) electrons. The van der Waals surface area contributed by atoms with Crippen LogP contribution in [0.15, 0.2) is 0 Å². The SMILES string of the molecule is CO[C@@H]1CCO[C@@]2(CCN(C(=O)CC#N)C2)C1. The van der Waals surface area contributed by atoms with Gasteiger partial charge >= 0.3 is 0 Å². The second-order valence-electron chi connectivity index (χ2n) is 4.78. The molecule has 17 heavy (non-hydrogen) atoms. The van der Waals surface area contributed by atoms with E-state index in [0.717, 1.165) is 19.3 Å². The Morgan fingerprint density at radius 3 is 3.24 bits per heavy atom. The first-order valence-electron chi connectivity index (χ1n) is 6.00. The maximum Gasteiger partial charge on any atom is 0.236 e. The van der Waals surface area contributed by atoms with Gasteiger partial charge in [0.15, 0.2) is 0 Å². The van der Waals surface area contributed by atoms with Gasteiger partial charge in [-0.15, -0.1) is 0 Å². The average molecular weight is 238 g/mol. The van der Waals surface area contributed by atoms with Crippen LogP contribution in [-0.2, 0) is 14.3 Å². The van der Waals surface area contributed by atoms with E-state index in [1.54, 1.807) is 12.0 Å². The summed E-state index contributed by atoms with van der Waals surface area (Å²) in [7, 11) is 1.72. The molecule has 2 fully saturated rings. The lowest BCUT2D eigenvalue weighted by atomic mass is 9.91. The molecule has 0 saturated carbocycles. The van der Waals surface area contributed by atoms with Crippen molar-refractivity contribution in [2.24, 2.45) is 0 Å². The number of nitriles is 1. The largest absolute Gasteiger partial charge is 0.381 e. The number of nitrogens with zero attached hydrogens (tertiary/aromatic N) is 2. The molecule has 2 heterocycles. The van der Waals surface area contributed by atoms with Crippen LogP contribution >= 0.6 is 0 Å². The first kappa shape index (κ1) is 12.3. The maximum absolute atomic E-state index is 11.6. The number of methoxy groups -OCH3 is 1. The standard InChI is InChI=1S/C12H18N2O3/c1-16-10-3-7-17-12(8-10)4-6-14(9-12)11(15)2-5-13/h10H,2-4,6-9H2,1H3/t10-,12+/m1/s1. The Bertz CT molecular complexity index is 339. The quantitative estimate of drug-likeness (QED) is 0.710. The van der Waals surface area contributed by atoms with Crippen LogP contribution in [0.2, 0.25) is 0 Å². The van der Waals surface area contributed by atoms with Crippen molar-refractivity contribution >= 4 is 5.91 Å². The number of carbonyl (C=O) groups is 1. The molecule has 2 aliphatic rings. The first-order chi connectivity index (χ1) is 8.19. The first-order valence-corrected chi connectivity index (χ1v) is 6.00. The minimum Gasteiger partial charge on any atom is -0.381 e. The highest BCUT2D eigenvalue weighted by molar-refractivity contribution is 5.78. The van der Waals surface area contributed by atoms with Gasteiger partial charge in [0, 0.05) is 33.2 Å². The maximum atomic E-state index is 11.6. The zero-order valence-electron chi connectivity index (χ0n) is 10.1. The molecule has 5 heteroatoms. The third-order valence-electron chi connectivity index (χ3n) is 3.68. The van der Waals surface area contributed by atoms with E-state index in [2.05, 4.69) is 0 Å². The van der Waals surface area contributed by atoms with Crippen molar-refractivity contribution in [1.29, 1.82) is 5.26 Å². The van der Waals surface area contributed by atoms with Crippen molar-refractivity contribution in [3.8, 4) is 6.07 Å². The Kier molecular flexibility index (Phi) is 3.65. The molecule has 0 aromatic heterocycles. The lowest BCUT2D eigenvalue weighted by molar-refractivity contribution is -0.136. The number of carbonyl (C=O) groups excluding carboxylic acids is 1. The second kappa shape index (κ2) is 5.03. The zero-order valence-corrected chi connectivity index (χ0v) is 10.1. The smallest absolute Gasteiger partial charge is 0.236 e. The van der Waals surface area contributed by atoms with E-state index in [9.17, 15) is 4.79 Å². The molecular formula is C12H18N2O3. The number of ether oxygens (including phenoxy) is 2. The van der Waals surface area contributed by atoms with Crippen LogP contribution in [-0.4, -0.2) is 49.3 Å². The third kappa shape index (κ3) is 2.59. The lowest BCUT2D eigenvalue weighted by Crippen LogP contribution is -2.45. The molecule has 0 aromatic rings. The van der Waals surface area contributed by atoms with Crippen LogP contribution in [0.3, 0.4) is 0 Å². The van der Waals surface area contributed by atoms with Crippen molar-refractivity contribution in [2.45, 2.75) is 37.4 Å². The average Bonchev–Trinajstić information content (AvgIpc) is 2.73. The summed E-state index contributed by atoms with van der Waals surface area (Å²) in [5, 5.41) is 8.53. The fourth-order valence-electron chi connectivity index (χ4n) is 2.71. The summed E-state index contributed by atoms with van der Waals surface area (Å²) in [5.74, 6) is -0.0903. The van der Waals surface area contributed by atoms with Crippen molar-refractivity contribution in [3.05, 3.63) is 0 Å². The monoisotopic (exact) mass is 238 g/mol. The predicted molar refractivity (Wildman–Crippen MR) is 60.1 cm³/mol. The molecule has 1 amide bonds. The molecule has 2 saturated heterocycles. The predicted octanol–water partition coefficient (Wildman–Crippen LogP) is 0.697. The Hall–Kier alpha value is -1.12. The topological polar surface area (TPSA) is 62.6 Å². The van der Waals surface area contributed by atoms with E-state index in [1.165, 1.54) is 0 Å². The number of rotatable bonds is 2. The molecule has 5 nitrogen and oxygen atoms in total. The number of amides is 1. The van der Waals surface area contributed by atoms with Crippen LogP contribution in [0.4, 0.5) is 0 Å². The van der Waals surface area contributed by atoms with Crippen LogP contribution < -0.4 is 0 Å². The number of hydrogen-bond donors (Lipinski definition) is 0. The van der Waals surface area contributed by atoms with Gasteiger partial charge in [0.1, 0.15) is 6.42 Å². The van der Waals surface area contributed by atoms with Gasteiger partial charge in [-0.2, -0.15) is 5.26 Å². The molecule has 94 valence electrons. The van der Waals surface area contributed by atoms with Crippen molar-refractivity contribution in [3.63, 3.8) is 0 Å². The summed E-state index contributed by atoms with van der Waals surface area (Å²) in [6.07, 6.45) is 2.81. The Morgan fingerprint density at radius 1 is 1.71 bits per heavy atom. The Morgan fingerprint density at radius 2 is 2.53 bits per heavy atom. The van der Waals surface area contributed by atoms with E-state index in [1.807, 2.05) is 6.07 Å². The van der Waals surface area contributed by atoms with Gasteiger partial charge < -0.3 is 14.4 Å². The minimum absolute atomic E-state index is 0.0379. The van der Waals surface area contributed by atoms with E-state index in [0.29, 0.717) is 19.7 Å². The molecule has 2 aliphatic heterocycles. The summed E-state index contributed by atoms with van der Waals surface area (Å²) in [6.45, 7) is 1.99. The van der Waals surface area contributed by atoms with Crippen molar-refractivity contribution < 1.29 is 14.3 Å². The van der Waals surface area contributed by atoms with Crippen LogP contribution in [0, 0.1) is 11.3 Å². The molecule has 0 aromatic carbocycles. The molecule has 2 rings (SSSR count). The highest BCUT2D eigenvalue weighted by atomic mass is 16.5. The van der Waals surface area contributed by atoms with E-state index < -0.39 is 0 Å². The Balaban J connectivity index is 1.96. The van der Waals surface area contributed by atoms with Gasteiger partial charge in [-0.3, -0.25) is 4.79 Å². The van der Waals surface area contributed by atoms with Crippen LogP contribution in [0.1, 0.15) is 25.7 Å². The second-order valence-corrected chi connectivity index (χ2v) is 4.78. The highest BCUT2D eigenvalue weighted by Gasteiger charge is 2.44. The Labute approximate surface area is 101 Å². The highest BCUT2D eigenvalue weighted by Crippen LogP contribution is 2.35. The summed E-state index contributed by atoms with van der Waals surface area (Å²) in [6, 6.07) is 1.90. The number of likely N-dealkylation sites (tertiary alicyclic amines) is 1. The normalized spacial score (nSPS) is 32.7. The fraction of sp³-hybridized carbons (Fsp3) is 0.833. The van der Waals surface area contributed by atoms with Gasteiger partial charge in [0.25, 0.3) is 0 Å². The van der Waals surface area contributed by atoms with E-state index in [4.69, 9.17) is 14.7 Å². The van der Waals surface area contributed by atoms with Gasteiger partial charge in [-0.25, -0.2) is 0 Å². The third-order valence-corrected chi connectivity index (χ3v) is 3.68. The minimum atomic E-state index is -0.232. The van der Waals surface area contributed by atoms with Gasteiger partial charge in [-0.05, 0) is 12.8 Å². The lowest BCUT2D eigenvalue weighted by Gasteiger charge is -2.37. The van der Waals surface area contributed by atoms with Gasteiger partial charge in [0.2, 0.25) is 5.91 Å². The molecular weight excluding hydrogens is 220 g/mol. The van der Waals surface area contributed by atoms with Crippen molar-refractivity contribution in [2.75, 3.05) is 26.8 Å². The summed E-state index contributed by atoms with van der Waals surface area (Å²) >= 11 is 0. The van der Waals surface area contributed by atoms with E-state index in [-0.39, 0.29) is 24.0 Å². The molecule has 0 aliphatic carbocycles. The number of hydrogen-bond acceptors (Lipinski definition) is 4. The van der Waals surface area contributed by atoms with Gasteiger partial charge in [-0.1, -0.05) is 0 Å². The van der Waals surface area contributed by atoms with Crippen LogP contribution in [0.5, 0.6) is 0 Å². The molecule has 1 spiro atoms. The zero-order chi connectivity index (χ0) is 12.3. The van der Waals surface area contributed by atoms with Crippen molar-refractivity contribution in [1.82, 2.24) is 4.90 Å². The van der Waals surface area contributed by atoms with E-state index >= 15 is 0 Å². The summed E-state index contributed by atoms with van der Waals surface area (Å²) < 4.78 is 11.2. The summed E-state index contributed by atoms with van der Waals surface area (Å²) in [5.41, 5.74) is -0.232. The molecule has 0 N–H and O–H groups in total. The summed E-state index contributed by atoms with van der Waals surface area (Å²) in [4.78, 5) is 13.4. The molecule has 0 bridgehead atoms. The van der Waals surface area contributed by atoms with Crippen LogP contribution in [0.25, 0.3) is 0 Å². The molecule has 2 atom stereocenters.